The van der Waals surface area contributed by atoms with E-state index in [9.17, 15) is 22.8 Å². The summed E-state index contributed by atoms with van der Waals surface area (Å²) in [6.45, 7) is 2.04. The van der Waals surface area contributed by atoms with E-state index in [1.54, 1.807) is 6.07 Å². The molecule has 0 radical (unpaired) electrons. The lowest BCUT2D eigenvalue weighted by molar-refractivity contribution is -0.139. The smallest absolute Gasteiger partial charge is 0.343 e. The number of carbonyl (C=O) groups excluding carboxylic acids is 2. The summed E-state index contributed by atoms with van der Waals surface area (Å²) >= 11 is 0. The molecule has 0 aromatic heterocycles. The molecule has 1 fully saturated rings. The summed E-state index contributed by atoms with van der Waals surface area (Å²) in [7, 11) is 0. The van der Waals surface area contributed by atoms with Crippen molar-refractivity contribution in [2.24, 2.45) is 5.73 Å². The van der Waals surface area contributed by atoms with Crippen molar-refractivity contribution in [1.29, 1.82) is 0 Å². The Labute approximate surface area is 150 Å². The van der Waals surface area contributed by atoms with E-state index < -0.39 is 29.7 Å². The third-order valence-corrected chi connectivity index (χ3v) is 3.89. The molecule has 2 rings (SSSR count). The Bertz CT molecular complexity index is 623. The monoisotopic (exact) mass is 379 g/mol. The number of hydrogen-bond donors (Lipinski definition) is 2. The lowest BCUT2D eigenvalue weighted by Gasteiger charge is -2.33. The number of nitrogens with two attached hydrogens (primary N) is 1. The molecule has 2 amide bonds. The zero-order valence-electron chi connectivity index (χ0n) is 13.7. The van der Waals surface area contributed by atoms with Crippen molar-refractivity contribution < 1.29 is 22.8 Å². The molecule has 0 saturated carbocycles. The minimum absolute atomic E-state index is 0. The average Bonchev–Trinajstić information content (AvgIpc) is 2.50. The molecule has 2 atom stereocenters. The van der Waals surface area contributed by atoms with Crippen molar-refractivity contribution >= 4 is 24.2 Å². The van der Waals surface area contributed by atoms with Gasteiger partial charge in [0.15, 0.2) is 0 Å². The van der Waals surface area contributed by atoms with Crippen LogP contribution in [0, 0.1) is 0 Å². The van der Waals surface area contributed by atoms with Gasteiger partial charge in [0.25, 0.3) is 0 Å². The molecule has 25 heavy (non-hydrogen) atoms. The van der Waals surface area contributed by atoms with Crippen LogP contribution in [0.2, 0.25) is 0 Å². The van der Waals surface area contributed by atoms with Gasteiger partial charge < -0.3 is 16.0 Å². The predicted molar refractivity (Wildman–Crippen MR) is 88.9 cm³/mol. The van der Waals surface area contributed by atoms with E-state index in [1.807, 2.05) is 0 Å². The predicted octanol–water partition coefficient (Wildman–Crippen LogP) is 2.08. The summed E-state index contributed by atoms with van der Waals surface area (Å²) in [6, 6.07) is 3.50. The Morgan fingerprint density at radius 3 is 2.72 bits per heavy atom. The van der Waals surface area contributed by atoms with Crippen molar-refractivity contribution in [3.05, 3.63) is 35.4 Å². The van der Waals surface area contributed by atoms with E-state index in [-0.39, 0.29) is 24.9 Å². The zero-order valence-corrected chi connectivity index (χ0v) is 14.5. The number of piperidine rings is 1. The number of nitrogens with zero attached hydrogens (tertiary/aromatic N) is 1. The van der Waals surface area contributed by atoms with Crippen molar-refractivity contribution in [1.82, 2.24) is 10.2 Å². The van der Waals surface area contributed by atoms with Gasteiger partial charge in [-0.3, -0.25) is 9.59 Å². The van der Waals surface area contributed by atoms with Crippen molar-refractivity contribution in [3.63, 3.8) is 0 Å². The Morgan fingerprint density at radius 1 is 1.44 bits per heavy atom. The van der Waals surface area contributed by atoms with Gasteiger partial charge in [0.05, 0.1) is 11.6 Å². The molecular weight excluding hydrogens is 359 g/mol. The summed E-state index contributed by atoms with van der Waals surface area (Å²) in [5, 5.41) is 2.58. The third-order valence-electron chi connectivity index (χ3n) is 3.89. The minimum Gasteiger partial charge on any atom is -0.343 e. The van der Waals surface area contributed by atoms with Gasteiger partial charge in [0.2, 0.25) is 11.8 Å². The number of carbonyl (C=O) groups is 2. The van der Waals surface area contributed by atoms with Gasteiger partial charge in [-0.15, -0.1) is 12.4 Å². The van der Waals surface area contributed by atoms with Crippen LogP contribution in [0.1, 0.15) is 30.9 Å². The number of benzene rings is 1. The highest BCUT2D eigenvalue weighted by molar-refractivity contribution is 5.89. The van der Waals surface area contributed by atoms with Gasteiger partial charge in [-0.25, -0.2) is 0 Å². The SMILES string of the molecule is CC(N)C(=O)NC1CCCN(Cc2cccc(C(F)(F)F)c2)C1=O.Cl. The van der Waals surface area contributed by atoms with Gasteiger partial charge in [-0.1, -0.05) is 12.1 Å². The molecular formula is C16H21ClF3N3O2. The van der Waals surface area contributed by atoms with Crippen LogP contribution in [0.25, 0.3) is 0 Å². The molecule has 1 aromatic rings. The Kier molecular flexibility index (Phi) is 7.25. The summed E-state index contributed by atoms with van der Waals surface area (Å²) in [5.74, 6) is -0.720. The van der Waals surface area contributed by atoms with Crippen LogP contribution >= 0.6 is 12.4 Å². The third kappa shape index (κ3) is 5.61. The summed E-state index contributed by atoms with van der Waals surface area (Å²) in [6.07, 6.45) is -3.26. The molecule has 1 aromatic carbocycles. The van der Waals surface area contributed by atoms with E-state index in [1.165, 1.54) is 17.9 Å². The van der Waals surface area contributed by atoms with E-state index >= 15 is 0 Å². The topological polar surface area (TPSA) is 75.4 Å². The van der Waals surface area contributed by atoms with Gasteiger partial charge in [0.1, 0.15) is 6.04 Å². The number of halogens is 4. The fourth-order valence-corrected chi connectivity index (χ4v) is 2.60. The number of hydrogen-bond acceptors (Lipinski definition) is 3. The Balaban J connectivity index is 0.00000312. The van der Waals surface area contributed by atoms with Crippen molar-refractivity contribution in [3.8, 4) is 0 Å². The van der Waals surface area contributed by atoms with E-state index in [2.05, 4.69) is 5.32 Å². The second kappa shape index (κ2) is 8.53. The molecule has 0 aliphatic carbocycles. The molecule has 1 aliphatic heterocycles. The molecule has 140 valence electrons. The molecule has 5 nitrogen and oxygen atoms in total. The maximum absolute atomic E-state index is 12.8. The number of amides is 2. The highest BCUT2D eigenvalue weighted by Crippen LogP contribution is 2.30. The van der Waals surface area contributed by atoms with Crippen LogP contribution in [0.15, 0.2) is 24.3 Å². The fourth-order valence-electron chi connectivity index (χ4n) is 2.60. The van der Waals surface area contributed by atoms with Crippen LogP contribution in [0.4, 0.5) is 13.2 Å². The highest BCUT2D eigenvalue weighted by Gasteiger charge is 2.32. The first-order valence-electron chi connectivity index (χ1n) is 7.69. The summed E-state index contributed by atoms with van der Waals surface area (Å²) in [5.41, 5.74) is 5.13. The lowest BCUT2D eigenvalue weighted by Crippen LogP contribution is -2.54. The maximum atomic E-state index is 12.8. The van der Waals surface area contributed by atoms with Crippen LogP contribution in [0.5, 0.6) is 0 Å². The summed E-state index contributed by atoms with van der Waals surface area (Å²) < 4.78 is 38.3. The Hall–Kier alpha value is -1.80. The number of likely N-dealkylation sites (tertiary alicyclic amines) is 1. The van der Waals surface area contributed by atoms with Crippen LogP contribution in [-0.4, -0.2) is 35.3 Å². The largest absolute Gasteiger partial charge is 0.416 e. The van der Waals surface area contributed by atoms with Crippen LogP contribution in [-0.2, 0) is 22.3 Å². The van der Waals surface area contributed by atoms with Gasteiger partial charge in [0, 0.05) is 13.1 Å². The normalized spacial score (nSPS) is 19.2. The maximum Gasteiger partial charge on any atom is 0.416 e. The molecule has 1 saturated heterocycles. The van der Waals surface area contributed by atoms with E-state index in [0.29, 0.717) is 24.9 Å². The number of alkyl halides is 3. The molecule has 1 aliphatic rings. The first kappa shape index (κ1) is 21.2. The van der Waals surface area contributed by atoms with Gasteiger partial charge in [-0.05, 0) is 37.5 Å². The van der Waals surface area contributed by atoms with Gasteiger partial charge >= 0.3 is 6.18 Å². The molecule has 9 heteroatoms. The van der Waals surface area contributed by atoms with Crippen LogP contribution in [0.3, 0.4) is 0 Å². The second-order valence-corrected chi connectivity index (χ2v) is 5.95. The summed E-state index contributed by atoms with van der Waals surface area (Å²) in [4.78, 5) is 25.5. The number of nitrogens with one attached hydrogen (secondary N) is 1. The van der Waals surface area contributed by atoms with Gasteiger partial charge in [-0.2, -0.15) is 13.2 Å². The minimum atomic E-state index is -4.42. The van der Waals surface area contributed by atoms with Crippen molar-refractivity contribution in [2.45, 2.75) is 44.6 Å². The first-order valence-corrected chi connectivity index (χ1v) is 7.69. The standard InChI is InChI=1S/C16H20F3N3O2.ClH/c1-10(20)14(23)21-13-6-3-7-22(15(13)24)9-11-4-2-5-12(8-11)16(17,18)19;/h2,4-5,8,10,13H,3,6-7,9,20H2,1H3,(H,21,23);1H. The quantitative estimate of drug-likeness (QED) is 0.841. The highest BCUT2D eigenvalue weighted by atomic mass is 35.5. The molecule has 1 heterocycles. The molecule has 3 N–H and O–H groups in total. The Morgan fingerprint density at radius 2 is 2.12 bits per heavy atom. The second-order valence-electron chi connectivity index (χ2n) is 5.95. The number of rotatable bonds is 4. The molecule has 2 unspecified atom stereocenters. The zero-order chi connectivity index (χ0) is 17.9. The van der Waals surface area contributed by atoms with E-state index in [4.69, 9.17) is 5.73 Å². The average molecular weight is 380 g/mol. The lowest BCUT2D eigenvalue weighted by atomic mass is 10.0. The fraction of sp³-hybridized carbons (Fsp3) is 0.500. The van der Waals surface area contributed by atoms with Crippen molar-refractivity contribution in [2.75, 3.05) is 6.54 Å². The molecule has 0 spiro atoms. The van der Waals surface area contributed by atoms with E-state index in [0.717, 1.165) is 12.1 Å². The van der Waals surface area contributed by atoms with Crippen LogP contribution < -0.4 is 11.1 Å². The first-order chi connectivity index (χ1) is 11.2. The molecule has 0 bridgehead atoms.